The molecule has 5 nitrogen and oxygen atoms in total. The lowest BCUT2D eigenvalue weighted by Gasteiger charge is -2.17. The number of nitrogens with two attached hydrogens (primary N) is 1. The first-order valence-corrected chi connectivity index (χ1v) is 8.45. The Morgan fingerprint density at radius 3 is 2.95 bits per heavy atom. The summed E-state index contributed by atoms with van der Waals surface area (Å²) in [5.41, 5.74) is 8.28. The van der Waals surface area contributed by atoms with Crippen LogP contribution in [0, 0.1) is 5.41 Å². The summed E-state index contributed by atoms with van der Waals surface area (Å²) in [5.74, 6) is 0.982. The van der Waals surface area contributed by atoms with Crippen LogP contribution in [0.25, 0.3) is 5.65 Å². The van der Waals surface area contributed by atoms with Gasteiger partial charge in [0.2, 0.25) is 0 Å². The molecule has 2 atom stereocenters. The molecule has 2 heterocycles. The van der Waals surface area contributed by atoms with Gasteiger partial charge in [0.25, 0.3) is 0 Å². The minimum Gasteiger partial charge on any atom is -0.367 e. The molecule has 22 heavy (non-hydrogen) atoms. The average molecular weight is 320 g/mol. The molecule has 0 spiro atoms. The summed E-state index contributed by atoms with van der Waals surface area (Å²) < 4.78 is 1.81. The first kappa shape index (κ1) is 14.3. The van der Waals surface area contributed by atoms with Crippen molar-refractivity contribution in [3.8, 4) is 0 Å². The summed E-state index contributed by atoms with van der Waals surface area (Å²) in [4.78, 5) is 4.71. The van der Waals surface area contributed by atoms with E-state index < -0.39 is 0 Å². The average Bonchev–Trinajstić information content (AvgIpc) is 2.87. The molecule has 3 N–H and O–H groups in total. The number of rotatable bonds is 4. The van der Waals surface area contributed by atoms with Gasteiger partial charge in [-0.05, 0) is 43.9 Å². The van der Waals surface area contributed by atoms with Crippen LogP contribution in [-0.2, 0) is 6.42 Å². The Labute approximate surface area is 135 Å². The zero-order valence-electron chi connectivity index (χ0n) is 12.8. The fraction of sp³-hybridized carbons (Fsp3) is 0.625. The minimum absolute atomic E-state index is 0.306. The number of hydrogen-bond donors (Lipinski definition) is 2. The molecule has 0 aliphatic heterocycles. The van der Waals surface area contributed by atoms with Gasteiger partial charge in [-0.25, -0.2) is 4.98 Å². The lowest BCUT2D eigenvalue weighted by Crippen LogP contribution is -2.22. The number of aromatic nitrogens is 3. The summed E-state index contributed by atoms with van der Waals surface area (Å²) >= 11 is 6.25. The van der Waals surface area contributed by atoms with Crippen molar-refractivity contribution in [3.05, 3.63) is 23.0 Å². The molecule has 2 aromatic rings. The van der Waals surface area contributed by atoms with Crippen LogP contribution in [0.3, 0.4) is 0 Å². The number of fused-ring (bicyclic) bond motifs is 1. The number of halogens is 1. The number of nitrogens with zero attached hydrogens (tertiary/aromatic N) is 3. The molecular weight excluding hydrogens is 298 g/mol. The van der Waals surface area contributed by atoms with Crippen molar-refractivity contribution in [2.24, 2.45) is 11.1 Å². The minimum atomic E-state index is 0.306. The maximum atomic E-state index is 6.25. The molecule has 2 aliphatic rings. The van der Waals surface area contributed by atoms with E-state index in [0.29, 0.717) is 22.5 Å². The van der Waals surface area contributed by atoms with Crippen molar-refractivity contribution in [2.75, 3.05) is 5.32 Å². The van der Waals surface area contributed by atoms with Crippen LogP contribution in [0.15, 0.2) is 12.3 Å². The highest BCUT2D eigenvalue weighted by Gasteiger charge is 2.37. The SMILES string of the molecule is CC1(Cc2cc(N[C@H]3CC[C@H](N)C3)n3ncc(Cl)c3n2)CC1. The monoisotopic (exact) mass is 319 g/mol. The number of anilines is 1. The lowest BCUT2D eigenvalue weighted by atomic mass is 10.0. The van der Waals surface area contributed by atoms with Crippen molar-refractivity contribution in [3.63, 3.8) is 0 Å². The molecule has 2 aliphatic carbocycles. The van der Waals surface area contributed by atoms with Gasteiger partial charge in [0, 0.05) is 23.8 Å². The lowest BCUT2D eigenvalue weighted by molar-refractivity contribution is 0.561. The summed E-state index contributed by atoms with van der Waals surface area (Å²) in [6, 6.07) is 2.85. The van der Waals surface area contributed by atoms with Gasteiger partial charge in [-0.3, -0.25) is 0 Å². The predicted octanol–water partition coefficient (Wildman–Crippen LogP) is 3.02. The molecule has 2 saturated carbocycles. The third-order valence-electron chi connectivity index (χ3n) is 5.02. The van der Waals surface area contributed by atoms with Gasteiger partial charge in [-0.2, -0.15) is 9.61 Å². The first-order chi connectivity index (χ1) is 10.5. The Hall–Kier alpha value is -1.33. The Bertz CT molecular complexity index is 706. The van der Waals surface area contributed by atoms with Gasteiger partial charge in [-0.1, -0.05) is 18.5 Å². The molecule has 0 saturated heterocycles. The molecule has 6 heteroatoms. The van der Waals surface area contributed by atoms with E-state index in [1.807, 2.05) is 4.52 Å². The highest BCUT2D eigenvalue weighted by Crippen LogP contribution is 2.47. The molecule has 0 unspecified atom stereocenters. The van der Waals surface area contributed by atoms with Gasteiger partial charge >= 0.3 is 0 Å². The largest absolute Gasteiger partial charge is 0.367 e. The molecule has 4 rings (SSSR count). The van der Waals surface area contributed by atoms with E-state index in [-0.39, 0.29) is 0 Å². The summed E-state index contributed by atoms with van der Waals surface area (Å²) in [6.45, 7) is 2.32. The summed E-state index contributed by atoms with van der Waals surface area (Å²) in [6.07, 6.45) is 8.43. The zero-order valence-corrected chi connectivity index (χ0v) is 13.6. The predicted molar refractivity (Wildman–Crippen MR) is 88.3 cm³/mol. The number of hydrogen-bond acceptors (Lipinski definition) is 4. The summed E-state index contributed by atoms with van der Waals surface area (Å²) in [5, 5.41) is 8.56. The van der Waals surface area contributed by atoms with Crippen LogP contribution in [0.4, 0.5) is 5.82 Å². The van der Waals surface area contributed by atoms with Crippen molar-refractivity contribution >= 4 is 23.1 Å². The third kappa shape index (κ3) is 2.68. The third-order valence-corrected chi connectivity index (χ3v) is 5.29. The molecular formula is C16H22ClN5. The van der Waals surface area contributed by atoms with Gasteiger partial charge in [0.15, 0.2) is 5.65 Å². The van der Waals surface area contributed by atoms with Crippen LogP contribution < -0.4 is 11.1 Å². The van der Waals surface area contributed by atoms with Gasteiger partial charge in [-0.15, -0.1) is 0 Å². The first-order valence-electron chi connectivity index (χ1n) is 8.08. The summed E-state index contributed by atoms with van der Waals surface area (Å²) in [7, 11) is 0. The van der Waals surface area contributed by atoms with Crippen molar-refractivity contribution in [2.45, 2.75) is 57.5 Å². The molecule has 0 aromatic carbocycles. The molecule has 2 fully saturated rings. The van der Waals surface area contributed by atoms with Crippen LogP contribution in [0.2, 0.25) is 5.02 Å². The Morgan fingerprint density at radius 2 is 2.27 bits per heavy atom. The normalized spacial score (nSPS) is 26.5. The Morgan fingerprint density at radius 1 is 1.45 bits per heavy atom. The molecule has 0 radical (unpaired) electrons. The van der Waals surface area contributed by atoms with E-state index in [1.54, 1.807) is 6.20 Å². The van der Waals surface area contributed by atoms with Gasteiger partial charge < -0.3 is 11.1 Å². The standard InChI is InChI=1S/C16H22ClN5/c1-16(4-5-16)8-12-7-14(20-11-3-2-10(18)6-11)22-15(21-12)13(17)9-19-22/h7,9-11,20H,2-6,8,18H2,1H3/t10-,11-/m0/s1. The van der Waals surface area contributed by atoms with Crippen LogP contribution >= 0.6 is 11.6 Å². The highest BCUT2D eigenvalue weighted by molar-refractivity contribution is 6.33. The smallest absolute Gasteiger partial charge is 0.176 e. The van der Waals surface area contributed by atoms with E-state index in [4.69, 9.17) is 22.3 Å². The van der Waals surface area contributed by atoms with Crippen molar-refractivity contribution < 1.29 is 0 Å². The van der Waals surface area contributed by atoms with Gasteiger partial charge in [0.05, 0.1) is 6.20 Å². The van der Waals surface area contributed by atoms with E-state index in [0.717, 1.165) is 42.8 Å². The van der Waals surface area contributed by atoms with Gasteiger partial charge in [0.1, 0.15) is 10.8 Å². The Kier molecular flexibility index (Phi) is 3.31. The van der Waals surface area contributed by atoms with E-state index in [2.05, 4.69) is 23.4 Å². The second-order valence-corrected chi connectivity index (χ2v) is 7.67. The molecule has 0 bridgehead atoms. The second-order valence-electron chi connectivity index (χ2n) is 7.26. The molecule has 0 amide bonds. The quantitative estimate of drug-likeness (QED) is 0.909. The molecule has 2 aromatic heterocycles. The van der Waals surface area contributed by atoms with Crippen LogP contribution in [0.1, 0.15) is 44.7 Å². The van der Waals surface area contributed by atoms with Crippen LogP contribution in [0.5, 0.6) is 0 Å². The topological polar surface area (TPSA) is 68.2 Å². The highest BCUT2D eigenvalue weighted by atomic mass is 35.5. The van der Waals surface area contributed by atoms with E-state index in [1.165, 1.54) is 12.8 Å². The van der Waals surface area contributed by atoms with E-state index in [9.17, 15) is 0 Å². The maximum Gasteiger partial charge on any atom is 0.176 e. The maximum absolute atomic E-state index is 6.25. The van der Waals surface area contributed by atoms with Crippen LogP contribution in [-0.4, -0.2) is 26.7 Å². The zero-order chi connectivity index (χ0) is 15.3. The van der Waals surface area contributed by atoms with E-state index >= 15 is 0 Å². The van der Waals surface area contributed by atoms with Crippen molar-refractivity contribution in [1.29, 1.82) is 0 Å². The number of nitrogens with one attached hydrogen (secondary N) is 1. The fourth-order valence-electron chi connectivity index (χ4n) is 3.36. The molecule has 118 valence electrons. The second kappa shape index (κ2) is 5.10. The Balaban J connectivity index is 1.68. The van der Waals surface area contributed by atoms with Crippen molar-refractivity contribution in [1.82, 2.24) is 14.6 Å². The fourth-order valence-corrected chi connectivity index (χ4v) is 3.53.